The first kappa shape index (κ1) is 8.01. The maximum Gasteiger partial charge on any atom is 0.305 e. The van der Waals surface area contributed by atoms with Crippen LogP contribution in [0.25, 0.3) is 0 Å². The van der Waals surface area contributed by atoms with Gasteiger partial charge >= 0.3 is 5.97 Å². The van der Waals surface area contributed by atoms with Crippen LogP contribution in [0.15, 0.2) is 0 Å². The van der Waals surface area contributed by atoms with Crippen LogP contribution in [0.2, 0.25) is 0 Å². The lowest BCUT2D eigenvalue weighted by atomic mass is 9.63. The summed E-state index contributed by atoms with van der Waals surface area (Å²) >= 11 is 0. The van der Waals surface area contributed by atoms with E-state index >= 15 is 0 Å². The van der Waals surface area contributed by atoms with Crippen LogP contribution in [0.5, 0.6) is 0 Å². The summed E-state index contributed by atoms with van der Waals surface area (Å²) in [6.45, 7) is 0.744. The van der Waals surface area contributed by atoms with Crippen molar-refractivity contribution >= 4 is 5.97 Å². The number of carboxylic acids is 1. The number of hydrogen-bond acceptors (Lipinski definition) is 3. The van der Waals surface area contributed by atoms with Crippen molar-refractivity contribution in [3.05, 3.63) is 0 Å². The van der Waals surface area contributed by atoms with Gasteiger partial charge in [0.1, 0.15) is 0 Å². The van der Waals surface area contributed by atoms with E-state index in [2.05, 4.69) is 0 Å². The molecule has 1 aliphatic heterocycles. The van der Waals surface area contributed by atoms with Gasteiger partial charge in [0.05, 0.1) is 12.5 Å². The van der Waals surface area contributed by atoms with E-state index < -0.39 is 11.5 Å². The van der Waals surface area contributed by atoms with E-state index in [1.54, 1.807) is 0 Å². The Bertz CT molecular complexity index is 218. The number of rotatable bonds is 2. The van der Waals surface area contributed by atoms with Crippen molar-refractivity contribution in [2.45, 2.75) is 30.9 Å². The topological polar surface area (TPSA) is 72.6 Å². The third-order valence-electron chi connectivity index (χ3n) is 3.01. The molecule has 0 bridgehead atoms. The number of ether oxygens (including phenoxy) is 1. The van der Waals surface area contributed by atoms with Gasteiger partial charge in [0.25, 0.3) is 0 Å². The van der Waals surface area contributed by atoms with Gasteiger partial charge in [0, 0.05) is 18.1 Å². The van der Waals surface area contributed by atoms with Crippen LogP contribution in [-0.4, -0.2) is 29.3 Å². The molecule has 2 rings (SSSR count). The summed E-state index contributed by atoms with van der Waals surface area (Å²) in [4.78, 5) is 10.5. The highest BCUT2D eigenvalue weighted by Gasteiger charge is 2.55. The molecule has 1 heterocycles. The Hall–Kier alpha value is -0.610. The fraction of sp³-hybridized carbons (Fsp3) is 0.875. The van der Waals surface area contributed by atoms with Gasteiger partial charge in [0.15, 0.2) is 0 Å². The predicted octanol–water partition coefficient (Wildman–Crippen LogP) is -0.0326. The molecule has 12 heavy (non-hydrogen) atoms. The summed E-state index contributed by atoms with van der Waals surface area (Å²) in [5.74, 6) is -0.517. The maximum atomic E-state index is 10.5. The number of fused-ring (bicyclic) bond motifs is 1. The zero-order valence-electron chi connectivity index (χ0n) is 6.82. The quantitative estimate of drug-likeness (QED) is 0.611. The zero-order chi connectivity index (χ0) is 8.77. The summed E-state index contributed by atoms with van der Waals surface area (Å²) in [6.07, 6.45) is 1.96. The average Bonchev–Trinajstić information content (AvgIpc) is 2.29. The molecule has 1 saturated heterocycles. The summed E-state index contributed by atoms with van der Waals surface area (Å²) in [5.41, 5.74) is 5.45. The van der Waals surface area contributed by atoms with E-state index in [-0.39, 0.29) is 18.4 Å². The molecule has 1 aliphatic carbocycles. The fourth-order valence-corrected chi connectivity index (χ4v) is 2.36. The molecule has 1 saturated carbocycles. The van der Waals surface area contributed by atoms with E-state index in [0.717, 1.165) is 13.0 Å². The molecule has 0 aromatic heterocycles. The third-order valence-corrected chi connectivity index (χ3v) is 3.01. The second kappa shape index (κ2) is 2.44. The van der Waals surface area contributed by atoms with E-state index in [4.69, 9.17) is 15.6 Å². The molecule has 0 radical (unpaired) electrons. The van der Waals surface area contributed by atoms with Gasteiger partial charge in [0.2, 0.25) is 0 Å². The second-order valence-electron chi connectivity index (χ2n) is 3.81. The van der Waals surface area contributed by atoms with Crippen molar-refractivity contribution in [3.63, 3.8) is 0 Å². The van der Waals surface area contributed by atoms with Crippen molar-refractivity contribution in [3.8, 4) is 0 Å². The average molecular weight is 171 g/mol. The molecule has 4 nitrogen and oxygen atoms in total. The smallest absolute Gasteiger partial charge is 0.305 e. The normalized spacial score (nSPS) is 45.1. The SMILES string of the molecule is NC1(CC(=O)O)C[C@H]2OCC[C@H]21. The monoisotopic (exact) mass is 171 g/mol. The first-order valence-electron chi connectivity index (χ1n) is 4.24. The van der Waals surface area contributed by atoms with Crippen LogP contribution < -0.4 is 5.73 Å². The first-order valence-corrected chi connectivity index (χ1v) is 4.24. The molecule has 68 valence electrons. The van der Waals surface area contributed by atoms with E-state index in [1.807, 2.05) is 0 Å². The number of nitrogens with two attached hydrogens (primary N) is 1. The Morgan fingerprint density at radius 3 is 3.08 bits per heavy atom. The highest BCUT2D eigenvalue weighted by molar-refractivity contribution is 5.68. The fourth-order valence-electron chi connectivity index (χ4n) is 2.36. The lowest BCUT2D eigenvalue weighted by Crippen LogP contribution is -2.62. The van der Waals surface area contributed by atoms with E-state index in [9.17, 15) is 4.79 Å². The van der Waals surface area contributed by atoms with Crippen molar-refractivity contribution < 1.29 is 14.6 Å². The zero-order valence-corrected chi connectivity index (χ0v) is 6.82. The largest absolute Gasteiger partial charge is 0.481 e. The minimum atomic E-state index is -0.803. The molecule has 1 unspecified atom stereocenters. The molecule has 0 aromatic rings. The standard InChI is InChI=1S/C8H13NO3/c9-8(4-7(10)11)3-6-5(8)1-2-12-6/h5-6H,1-4,9H2,(H,10,11)/t5-,6-,8?/m1/s1. The molecular weight excluding hydrogens is 158 g/mol. The Morgan fingerprint density at radius 2 is 2.50 bits per heavy atom. The van der Waals surface area contributed by atoms with Gasteiger partial charge in [-0.05, 0) is 12.8 Å². The molecule has 0 spiro atoms. The Labute approximate surface area is 70.7 Å². The van der Waals surface area contributed by atoms with Gasteiger partial charge < -0.3 is 15.6 Å². The molecular formula is C8H13NO3. The molecule has 2 fully saturated rings. The van der Waals surface area contributed by atoms with Crippen LogP contribution in [0.3, 0.4) is 0 Å². The lowest BCUT2D eigenvalue weighted by molar-refractivity contribution is -0.142. The summed E-state index contributed by atoms with van der Waals surface area (Å²) < 4.78 is 5.36. The minimum Gasteiger partial charge on any atom is -0.481 e. The van der Waals surface area contributed by atoms with Gasteiger partial charge in [-0.3, -0.25) is 4.79 Å². The predicted molar refractivity (Wildman–Crippen MR) is 41.6 cm³/mol. The summed E-state index contributed by atoms with van der Waals surface area (Å²) in [7, 11) is 0. The molecule has 2 aliphatic rings. The van der Waals surface area contributed by atoms with Crippen LogP contribution in [0.4, 0.5) is 0 Å². The molecule has 0 aromatic carbocycles. The Morgan fingerprint density at radius 1 is 1.75 bits per heavy atom. The lowest BCUT2D eigenvalue weighted by Gasteiger charge is -2.47. The van der Waals surface area contributed by atoms with Crippen LogP contribution in [0, 0.1) is 5.92 Å². The van der Waals surface area contributed by atoms with Gasteiger partial charge in [-0.25, -0.2) is 0 Å². The van der Waals surface area contributed by atoms with Gasteiger partial charge in [-0.15, -0.1) is 0 Å². The number of carboxylic acid groups (broad SMARTS) is 1. The maximum absolute atomic E-state index is 10.5. The van der Waals surface area contributed by atoms with Crippen molar-refractivity contribution in [1.29, 1.82) is 0 Å². The molecule has 3 N–H and O–H groups in total. The van der Waals surface area contributed by atoms with Gasteiger partial charge in [-0.2, -0.15) is 0 Å². The Kier molecular flexibility index (Phi) is 1.63. The summed E-state index contributed by atoms with van der Waals surface area (Å²) in [6, 6.07) is 0. The van der Waals surface area contributed by atoms with E-state index in [1.165, 1.54) is 0 Å². The minimum absolute atomic E-state index is 0.0809. The number of aliphatic carboxylic acids is 1. The number of carbonyl (C=O) groups is 1. The highest BCUT2D eigenvalue weighted by Crippen LogP contribution is 2.46. The van der Waals surface area contributed by atoms with Crippen LogP contribution in [-0.2, 0) is 9.53 Å². The van der Waals surface area contributed by atoms with E-state index in [0.29, 0.717) is 6.42 Å². The van der Waals surface area contributed by atoms with Crippen molar-refractivity contribution in [2.75, 3.05) is 6.61 Å². The first-order chi connectivity index (χ1) is 5.62. The van der Waals surface area contributed by atoms with Crippen LogP contribution >= 0.6 is 0 Å². The second-order valence-corrected chi connectivity index (χ2v) is 3.81. The number of hydrogen-bond donors (Lipinski definition) is 2. The molecule has 3 atom stereocenters. The van der Waals surface area contributed by atoms with Crippen molar-refractivity contribution in [2.24, 2.45) is 11.7 Å². The van der Waals surface area contributed by atoms with Crippen LogP contribution in [0.1, 0.15) is 19.3 Å². The molecule has 0 amide bonds. The van der Waals surface area contributed by atoms with Crippen molar-refractivity contribution in [1.82, 2.24) is 0 Å². The highest BCUT2D eigenvalue weighted by atomic mass is 16.5. The third kappa shape index (κ3) is 1.03. The Balaban J connectivity index is 2.00. The van der Waals surface area contributed by atoms with Gasteiger partial charge in [-0.1, -0.05) is 0 Å². The molecule has 4 heteroatoms. The summed E-state index contributed by atoms with van der Waals surface area (Å²) in [5, 5.41) is 8.61.